The summed E-state index contributed by atoms with van der Waals surface area (Å²) in [4.78, 5) is 145. The van der Waals surface area contributed by atoms with Gasteiger partial charge in [-0.2, -0.15) is 0 Å². The molecule has 149 heavy (non-hydrogen) atoms. The number of quaternary nitrogens is 7. The maximum Gasteiger partial charge on any atom is 0.379 e. The van der Waals surface area contributed by atoms with E-state index in [2.05, 4.69) is 254 Å². The van der Waals surface area contributed by atoms with Crippen molar-refractivity contribution in [3.05, 3.63) is 0 Å². The van der Waals surface area contributed by atoms with Crippen molar-refractivity contribution < 1.29 is 148 Å². The van der Waals surface area contributed by atoms with Gasteiger partial charge in [0.2, 0.25) is 0 Å². The summed E-state index contributed by atoms with van der Waals surface area (Å²) in [7, 11) is -10.1. The van der Waals surface area contributed by atoms with Gasteiger partial charge in [0, 0.05) is 31.2 Å². The molecule has 0 bridgehead atoms. The maximum absolute atomic E-state index is 11.2. The first-order valence-electron chi connectivity index (χ1n) is 56.7. The highest BCUT2D eigenvalue weighted by Gasteiger charge is 2.39. The normalized spacial score (nSPS) is 15.7. The van der Waals surface area contributed by atoms with Gasteiger partial charge < -0.3 is 130 Å². The molecule has 902 valence electrons. The van der Waals surface area contributed by atoms with Crippen molar-refractivity contribution in [2.75, 3.05) is 184 Å². The average Bonchev–Trinajstić information content (AvgIpc) is 0.828. The van der Waals surface area contributed by atoms with Crippen LogP contribution in [-0.4, -0.2) is 371 Å². The van der Waals surface area contributed by atoms with Crippen LogP contribution in [0.3, 0.4) is 0 Å². The minimum absolute atomic E-state index is 0.00286. The molecule has 0 saturated carbocycles. The molecular weight excluding hydrogens is 1980 g/mol. The van der Waals surface area contributed by atoms with Crippen LogP contribution in [0.15, 0.2) is 0 Å². The lowest BCUT2D eigenvalue weighted by Gasteiger charge is -2.42. The first-order chi connectivity index (χ1) is 67.1. The van der Waals surface area contributed by atoms with Crippen LogP contribution in [0.2, 0.25) is 0 Å². The van der Waals surface area contributed by atoms with Crippen molar-refractivity contribution in [3.8, 4) is 0 Å². The predicted octanol–water partition coefficient (Wildman–Crippen LogP) is 17.0. The smallest absolute Gasteiger partial charge is 0.379 e. The molecule has 0 radical (unpaired) electrons. The summed E-state index contributed by atoms with van der Waals surface area (Å²) in [6.07, 6.45) is 11.0. The van der Waals surface area contributed by atoms with Crippen molar-refractivity contribution in [1.29, 1.82) is 0 Å². The maximum atomic E-state index is 11.2. The van der Waals surface area contributed by atoms with Crippen molar-refractivity contribution in [2.24, 2.45) is 59.2 Å². The number of hydrogen-bond donors (Lipinski definition) is 9. The van der Waals surface area contributed by atoms with E-state index in [1.807, 2.05) is 81.3 Å². The van der Waals surface area contributed by atoms with Gasteiger partial charge in [-0.3, -0.25) is 33.3 Å². The fourth-order valence-electron chi connectivity index (χ4n) is 16.1. The standard InChI is InChI=1S/C13H27NO2.C12H28NO3P.2C12H25NO2.C11H26NO3P.2C11H23NO2.C10H24NO3P.C10H21NO2.C9H22NO3P/c1-6-14(12(4)5,9-7-11(2)3)10-8-13(15)16;1-6-13(12(4)5,8-7-11(2)3)9-10-17(14,15)16;1-10(2)6-8-13(5,11(3)4)9-7-12(14)15;1-6-13(11(4)5,9-12(14)15)8-7-10(2)3;1-6-12(11(4)5,8-7-10(2)3)9-16(13,14)15;1-9(2)6-7-12(5,10(3)4)8-11(13)14;1-9(2)5-7-12(10(3)4)8-6-11(13)14;1-9(2)6-7-11(5,10(3)4)8-15(12,13)14;1-8(2)5-6-11(9(3)4)7-10(12)13;1-8(2)5-6-10(9(3)4)7-14(11,12)13/h11-12H,6-10H2,1-5H3;11-12H,6-10H2,1-5H3,(H-,14,15,16);2*10-11H,6-9H2,1-5H3;10-11H,6-9H2,1-5H3,(H-,13,14,15);9-10H,6-8H2,1-5H3;9-10H,5-8H2,1-4H3,(H,13,14);9-10H,6-8H2,1-5H3,(H-,12,13,14);8-9H,5-7H2,1-4H3,(H,12,13);8-9H,5-7H2,1-4H3,(H2,11,12,13)/p+2. The molecule has 0 aromatic heterocycles. The van der Waals surface area contributed by atoms with Crippen LogP contribution < -0.4 is 25.1 Å². The van der Waals surface area contributed by atoms with E-state index in [1.54, 1.807) is 4.90 Å². The molecule has 0 heterocycles. The largest absolute Gasteiger partial charge is 0.778 e. The van der Waals surface area contributed by atoms with Gasteiger partial charge in [-0.05, 0) is 309 Å². The van der Waals surface area contributed by atoms with Crippen LogP contribution in [-0.2, 0) is 47.0 Å². The molecular formula is C111H246N10O24P4+2. The van der Waals surface area contributed by atoms with Crippen LogP contribution in [0.4, 0.5) is 0 Å². The molecule has 38 heteroatoms. The first-order valence-corrected chi connectivity index (χ1v) is 63.8. The summed E-state index contributed by atoms with van der Waals surface area (Å²) in [5.74, 6) is 1.24. The Morgan fingerprint density at radius 3 is 0.765 bits per heavy atom. The molecule has 0 fully saturated rings. The Hall–Kier alpha value is -2.98. The highest BCUT2D eigenvalue weighted by molar-refractivity contribution is 7.52. The minimum atomic E-state index is -4.18. The van der Waals surface area contributed by atoms with E-state index in [9.17, 15) is 81.9 Å². The van der Waals surface area contributed by atoms with Crippen LogP contribution in [0.1, 0.15) is 388 Å². The Morgan fingerprint density at radius 1 is 0.262 bits per heavy atom. The summed E-state index contributed by atoms with van der Waals surface area (Å²) in [6, 6.07) is 3.36. The molecule has 34 nitrogen and oxygen atoms in total. The van der Waals surface area contributed by atoms with Gasteiger partial charge in [-0.15, -0.1) is 0 Å². The zero-order valence-electron chi connectivity index (χ0n) is 105. The van der Waals surface area contributed by atoms with Gasteiger partial charge in [0.1, 0.15) is 27.0 Å². The number of carboxylic acid groups (broad SMARTS) is 6. The van der Waals surface area contributed by atoms with E-state index < -0.39 is 66.2 Å². The SMILES string of the molecule is CC(C)CCN(CC(=O)[O-])C(C)C.CC(C)CCN(CCC(=O)O)C(C)C.CC(C)CCN(CP(=O)([O-])O)C(C)C.CC(C)CC[N+](C)(CC(=O)[O-])C(C)C.CC(C)CC[N+](C)(CCC(=O)O)C(C)C.CC(C)CC[N+](C)(CP(=O)([O-])O)C(C)C.CC[N+](CCC(=O)O)(CCC(C)C)C(C)C.CC[N+](CCC(C)C)(CC(=O)[O-])C(C)C.CC[N+](CCC(C)C)(CCP(=O)(O)O)C(C)C.CC[N+](CCC(C)C)(CP(=O)(O)O)C(C)C. The van der Waals surface area contributed by atoms with Crippen molar-refractivity contribution >= 4 is 66.2 Å². The molecule has 9 atom stereocenters. The molecule has 0 rings (SSSR count). The van der Waals surface area contributed by atoms with Crippen LogP contribution >= 0.6 is 30.4 Å². The molecule has 0 aliphatic heterocycles. The quantitative estimate of drug-likeness (QED) is 0.0202. The number of hydrogen-bond acceptors (Lipinski definition) is 18. The molecule has 0 aliphatic rings. The molecule has 0 saturated heterocycles. The molecule has 9 unspecified atom stereocenters. The Kier molecular flexibility index (Phi) is 94.8. The summed E-state index contributed by atoms with van der Waals surface area (Å²) >= 11 is 0. The third-order valence-corrected chi connectivity index (χ3v) is 33.2. The van der Waals surface area contributed by atoms with Gasteiger partial charge >= 0.3 is 33.1 Å². The second-order valence-corrected chi connectivity index (χ2v) is 56.5. The van der Waals surface area contributed by atoms with E-state index in [0.29, 0.717) is 133 Å². The Labute approximate surface area is 915 Å². The van der Waals surface area contributed by atoms with E-state index in [1.165, 1.54) is 6.42 Å². The lowest BCUT2D eigenvalue weighted by Crippen LogP contribution is -2.58. The average molecular weight is 2230 g/mol. The Morgan fingerprint density at radius 2 is 0.523 bits per heavy atom. The number of aliphatic carboxylic acids is 6. The summed E-state index contributed by atoms with van der Waals surface area (Å²) in [6.45, 7) is 109. The number of carboxylic acids is 6. The monoisotopic (exact) mass is 2230 g/mol. The molecule has 0 spiro atoms. The molecule has 0 aromatic rings. The highest BCUT2D eigenvalue weighted by atomic mass is 31.2. The molecule has 9 N–H and O–H groups in total. The Bertz CT molecular complexity index is 3570. The van der Waals surface area contributed by atoms with Gasteiger partial charge in [0.15, 0.2) is 13.9 Å². The molecule has 0 aromatic carbocycles. The zero-order chi connectivity index (χ0) is 120. The molecule has 0 aliphatic carbocycles. The predicted molar refractivity (Wildman–Crippen MR) is 611 cm³/mol. The number of nitrogens with zero attached hydrogens (tertiary/aromatic N) is 10. The second-order valence-electron chi connectivity index (χ2n) is 50.0. The van der Waals surface area contributed by atoms with E-state index in [0.717, 1.165) is 169 Å². The topological polar surface area (TPSA) is 478 Å². The second kappa shape index (κ2) is 85.1. The summed E-state index contributed by atoms with van der Waals surface area (Å²) < 4.78 is 48.7. The Balaban J connectivity index is -0.000000180. The zero-order valence-corrected chi connectivity index (χ0v) is 108. The van der Waals surface area contributed by atoms with E-state index in [4.69, 9.17) is 34.9 Å². The van der Waals surface area contributed by atoms with Gasteiger partial charge in [0.05, 0.1) is 205 Å². The van der Waals surface area contributed by atoms with Crippen LogP contribution in [0.5, 0.6) is 0 Å². The summed E-state index contributed by atoms with van der Waals surface area (Å²) in [5.41, 5.74) is 0. The van der Waals surface area contributed by atoms with Gasteiger partial charge in [-0.25, -0.2) is 0 Å². The molecule has 0 amide bonds. The third kappa shape index (κ3) is 96.8. The summed E-state index contributed by atoms with van der Waals surface area (Å²) in [5, 5.41) is 58.0. The van der Waals surface area contributed by atoms with Crippen molar-refractivity contribution in [1.82, 2.24) is 14.7 Å². The van der Waals surface area contributed by atoms with Crippen molar-refractivity contribution in [3.63, 3.8) is 0 Å². The number of carbonyl (C=O) groups is 6. The lowest BCUT2D eigenvalue weighted by molar-refractivity contribution is -0.946. The van der Waals surface area contributed by atoms with E-state index in [-0.39, 0.29) is 88.1 Å². The van der Waals surface area contributed by atoms with E-state index >= 15 is 0 Å². The first kappa shape index (κ1) is 166. The fourth-order valence-corrected chi connectivity index (χ4v) is 20.4. The lowest BCUT2D eigenvalue weighted by atomic mass is 10.1. The number of likely N-dealkylation sites (N-methyl/N-ethyl adjacent to an activating group) is 2. The fraction of sp³-hybridized carbons (Fsp3) is 0.946. The van der Waals surface area contributed by atoms with Crippen molar-refractivity contribution in [2.45, 2.75) is 449 Å². The minimum Gasteiger partial charge on any atom is -0.778 e. The van der Waals surface area contributed by atoms with Gasteiger partial charge in [0.25, 0.3) is 0 Å². The van der Waals surface area contributed by atoms with Crippen LogP contribution in [0.25, 0.3) is 0 Å². The van der Waals surface area contributed by atoms with Gasteiger partial charge in [-0.1, -0.05) is 138 Å². The third-order valence-electron chi connectivity index (χ3n) is 29.7. The highest BCUT2D eigenvalue weighted by Crippen LogP contribution is 2.41. The number of rotatable bonds is 68. The number of carbonyl (C=O) groups excluding carboxylic acids is 3. The van der Waals surface area contributed by atoms with Crippen LogP contribution in [0, 0.1) is 59.2 Å².